The Morgan fingerprint density at radius 3 is 2.40 bits per heavy atom. The minimum atomic E-state index is -4.13. The molecule has 7 heteroatoms. The van der Waals surface area contributed by atoms with Gasteiger partial charge in [-0.1, -0.05) is 13.3 Å². The maximum absolute atomic E-state index is 12.1. The first-order chi connectivity index (χ1) is 9.39. The van der Waals surface area contributed by atoms with E-state index in [1.54, 1.807) is 0 Å². The zero-order valence-electron chi connectivity index (χ0n) is 12.7. The largest absolute Gasteiger partial charge is 0.401 e. The van der Waals surface area contributed by atoms with Crippen LogP contribution in [-0.2, 0) is 0 Å². The third-order valence-electron chi connectivity index (χ3n) is 2.58. The first-order valence-electron chi connectivity index (χ1n) is 7.16. The topological polar surface area (TPSA) is 39.7 Å². The highest BCUT2D eigenvalue weighted by Gasteiger charge is 2.28. The minimum Gasteiger partial charge on any atom is -0.357 e. The molecule has 0 aliphatic rings. The summed E-state index contributed by atoms with van der Waals surface area (Å²) < 4.78 is 36.4. The molecule has 0 spiro atoms. The molecule has 0 radical (unpaired) electrons. The Labute approximate surface area is 119 Å². The van der Waals surface area contributed by atoms with E-state index in [9.17, 15) is 13.2 Å². The number of rotatable bonds is 9. The summed E-state index contributed by atoms with van der Waals surface area (Å²) in [7, 11) is 1.47. The molecule has 0 aromatic carbocycles. The number of hydrogen-bond acceptors (Lipinski definition) is 2. The van der Waals surface area contributed by atoms with Gasteiger partial charge in [-0.2, -0.15) is 13.2 Å². The molecule has 20 heavy (non-hydrogen) atoms. The molecule has 0 unspecified atom stereocenters. The summed E-state index contributed by atoms with van der Waals surface area (Å²) in [6.45, 7) is 5.76. The van der Waals surface area contributed by atoms with Gasteiger partial charge in [0.05, 0.1) is 6.54 Å². The lowest BCUT2D eigenvalue weighted by atomic mass is 10.3. The molecule has 0 fully saturated rings. The molecule has 0 aliphatic carbocycles. The van der Waals surface area contributed by atoms with E-state index in [1.807, 2.05) is 6.92 Å². The van der Waals surface area contributed by atoms with Gasteiger partial charge in [0.15, 0.2) is 5.96 Å². The Balaban J connectivity index is 3.91. The standard InChI is InChI=1S/C13H27F3N4/c1-4-6-8-18-12(17-5-2)19-9-7-10-20(3)11-13(14,15)16/h4-11H2,1-3H3,(H2,17,18,19). The van der Waals surface area contributed by atoms with Crippen LogP contribution >= 0.6 is 0 Å². The van der Waals surface area contributed by atoms with Gasteiger partial charge in [-0.15, -0.1) is 0 Å². The zero-order chi connectivity index (χ0) is 15.4. The van der Waals surface area contributed by atoms with Crippen LogP contribution in [0.25, 0.3) is 0 Å². The predicted molar refractivity (Wildman–Crippen MR) is 77.1 cm³/mol. The van der Waals surface area contributed by atoms with E-state index >= 15 is 0 Å². The van der Waals surface area contributed by atoms with E-state index in [0.29, 0.717) is 19.5 Å². The summed E-state index contributed by atoms with van der Waals surface area (Å²) in [4.78, 5) is 5.61. The predicted octanol–water partition coefficient (Wildman–Crippen LogP) is 2.23. The lowest BCUT2D eigenvalue weighted by molar-refractivity contribution is -0.143. The maximum atomic E-state index is 12.1. The third kappa shape index (κ3) is 12.1. The fourth-order valence-electron chi connectivity index (χ4n) is 1.64. The van der Waals surface area contributed by atoms with Crippen LogP contribution in [0.15, 0.2) is 4.99 Å². The van der Waals surface area contributed by atoms with E-state index in [2.05, 4.69) is 22.5 Å². The van der Waals surface area contributed by atoms with E-state index < -0.39 is 12.7 Å². The van der Waals surface area contributed by atoms with Crippen molar-refractivity contribution < 1.29 is 13.2 Å². The summed E-state index contributed by atoms with van der Waals surface area (Å²) in [6.07, 6.45) is -1.35. The molecule has 0 rings (SSSR count). The first kappa shape index (κ1) is 19.0. The molecule has 0 aromatic rings. The molecule has 0 saturated carbocycles. The highest BCUT2D eigenvalue weighted by atomic mass is 19.4. The molecular formula is C13H27F3N4. The van der Waals surface area contributed by atoms with Crippen molar-refractivity contribution in [3.63, 3.8) is 0 Å². The van der Waals surface area contributed by atoms with Crippen molar-refractivity contribution in [2.24, 2.45) is 4.99 Å². The molecule has 0 amide bonds. The molecule has 0 saturated heterocycles. The molecule has 0 aromatic heterocycles. The first-order valence-corrected chi connectivity index (χ1v) is 7.16. The number of nitrogens with one attached hydrogen (secondary N) is 2. The smallest absolute Gasteiger partial charge is 0.357 e. The summed E-state index contributed by atoms with van der Waals surface area (Å²) in [5.74, 6) is 0.736. The Morgan fingerprint density at radius 1 is 1.15 bits per heavy atom. The highest BCUT2D eigenvalue weighted by Crippen LogP contribution is 2.15. The van der Waals surface area contributed by atoms with Crippen molar-refractivity contribution in [3.8, 4) is 0 Å². The summed E-state index contributed by atoms with van der Waals surface area (Å²) in [5, 5.41) is 6.31. The number of nitrogens with zero attached hydrogens (tertiary/aromatic N) is 2. The Kier molecular flexibility index (Phi) is 10.2. The van der Waals surface area contributed by atoms with Crippen molar-refractivity contribution in [1.29, 1.82) is 0 Å². The van der Waals surface area contributed by atoms with Crippen molar-refractivity contribution in [2.45, 2.75) is 39.3 Å². The average Bonchev–Trinajstić information content (AvgIpc) is 2.32. The molecule has 120 valence electrons. The number of aliphatic imine (C=N–C) groups is 1. The SMILES string of the molecule is CCCCNC(=NCCCN(C)CC(F)(F)F)NCC. The van der Waals surface area contributed by atoms with Crippen molar-refractivity contribution in [3.05, 3.63) is 0 Å². The second-order valence-electron chi connectivity index (χ2n) is 4.75. The second kappa shape index (κ2) is 10.8. The van der Waals surface area contributed by atoms with Crippen LogP contribution in [0.3, 0.4) is 0 Å². The molecular weight excluding hydrogens is 269 g/mol. The van der Waals surface area contributed by atoms with Crippen molar-refractivity contribution >= 4 is 5.96 Å². The maximum Gasteiger partial charge on any atom is 0.401 e. The lowest BCUT2D eigenvalue weighted by Gasteiger charge is -2.18. The van der Waals surface area contributed by atoms with Crippen LogP contribution < -0.4 is 10.6 Å². The van der Waals surface area contributed by atoms with Gasteiger partial charge >= 0.3 is 6.18 Å². The van der Waals surface area contributed by atoms with Crippen molar-refractivity contribution in [2.75, 3.05) is 39.8 Å². The fourth-order valence-corrected chi connectivity index (χ4v) is 1.64. The zero-order valence-corrected chi connectivity index (χ0v) is 12.7. The van der Waals surface area contributed by atoms with Gasteiger partial charge in [-0.25, -0.2) is 0 Å². The Hall–Kier alpha value is -0.980. The molecule has 0 bridgehead atoms. The number of alkyl halides is 3. The van der Waals surface area contributed by atoms with E-state index in [0.717, 1.165) is 31.9 Å². The van der Waals surface area contributed by atoms with Crippen LogP contribution in [0.5, 0.6) is 0 Å². The molecule has 2 N–H and O–H groups in total. The van der Waals surface area contributed by atoms with Crippen LogP contribution in [0.4, 0.5) is 13.2 Å². The van der Waals surface area contributed by atoms with Gasteiger partial charge in [0.1, 0.15) is 0 Å². The highest BCUT2D eigenvalue weighted by molar-refractivity contribution is 5.79. The normalized spacial score (nSPS) is 12.8. The second-order valence-corrected chi connectivity index (χ2v) is 4.75. The van der Waals surface area contributed by atoms with Crippen LogP contribution in [0.2, 0.25) is 0 Å². The van der Waals surface area contributed by atoms with Crippen LogP contribution in [-0.4, -0.2) is 56.8 Å². The van der Waals surface area contributed by atoms with E-state index in [-0.39, 0.29) is 0 Å². The quantitative estimate of drug-likeness (QED) is 0.389. The van der Waals surface area contributed by atoms with Gasteiger partial charge in [0.2, 0.25) is 0 Å². The molecule has 0 atom stereocenters. The van der Waals surface area contributed by atoms with Crippen LogP contribution in [0.1, 0.15) is 33.1 Å². The minimum absolute atomic E-state index is 0.386. The van der Waals surface area contributed by atoms with Gasteiger partial charge in [0, 0.05) is 19.6 Å². The Bertz CT molecular complexity index is 267. The average molecular weight is 296 g/mol. The van der Waals surface area contributed by atoms with Gasteiger partial charge in [0.25, 0.3) is 0 Å². The van der Waals surface area contributed by atoms with Crippen LogP contribution in [0, 0.1) is 0 Å². The molecule has 0 aliphatic heterocycles. The van der Waals surface area contributed by atoms with Gasteiger partial charge < -0.3 is 10.6 Å². The van der Waals surface area contributed by atoms with Gasteiger partial charge in [-0.05, 0) is 33.4 Å². The number of halogens is 3. The van der Waals surface area contributed by atoms with E-state index in [4.69, 9.17) is 0 Å². The molecule has 0 heterocycles. The Morgan fingerprint density at radius 2 is 1.85 bits per heavy atom. The fraction of sp³-hybridized carbons (Fsp3) is 0.923. The van der Waals surface area contributed by atoms with Crippen molar-refractivity contribution in [1.82, 2.24) is 15.5 Å². The summed E-state index contributed by atoms with van der Waals surface area (Å²) in [5.41, 5.74) is 0. The number of hydrogen-bond donors (Lipinski definition) is 2. The van der Waals surface area contributed by atoms with E-state index in [1.165, 1.54) is 11.9 Å². The number of unbranched alkanes of at least 4 members (excludes halogenated alkanes) is 1. The summed E-state index contributed by atoms with van der Waals surface area (Å²) >= 11 is 0. The molecule has 4 nitrogen and oxygen atoms in total. The third-order valence-corrected chi connectivity index (χ3v) is 2.58. The summed E-state index contributed by atoms with van der Waals surface area (Å²) in [6, 6.07) is 0. The van der Waals surface area contributed by atoms with Gasteiger partial charge in [-0.3, -0.25) is 9.89 Å². The lowest BCUT2D eigenvalue weighted by Crippen LogP contribution is -2.38. The monoisotopic (exact) mass is 296 g/mol. The number of guanidine groups is 1.